The molecule has 0 aliphatic heterocycles. The van der Waals surface area contributed by atoms with Gasteiger partial charge in [-0.25, -0.2) is 0 Å². The Kier molecular flexibility index (Phi) is 8.75. The molecule has 6 heteroatoms. The maximum absolute atomic E-state index is 13.3. The van der Waals surface area contributed by atoms with Crippen molar-refractivity contribution in [2.75, 3.05) is 18.0 Å². The summed E-state index contributed by atoms with van der Waals surface area (Å²) in [6.07, 6.45) is 4.71. The summed E-state index contributed by atoms with van der Waals surface area (Å²) >= 11 is 0. The molecule has 2 N–H and O–H groups in total. The zero-order valence-corrected chi connectivity index (χ0v) is 21.9. The van der Waals surface area contributed by atoms with Crippen molar-refractivity contribution >= 4 is 23.2 Å². The molecule has 3 rings (SSSR count). The first-order valence-electron chi connectivity index (χ1n) is 12.4. The number of carbonyl (C=O) groups excluding carboxylic acids is 2. The van der Waals surface area contributed by atoms with E-state index in [4.69, 9.17) is 5.41 Å². The molecule has 3 aromatic rings. The Morgan fingerprint density at radius 3 is 2.28 bits per heavy atom. The molecule has 0 spiro atoms. The van der Waals surface area contributed by atoms with Gasteiger partial charge >= 0.3 is 0 Å². The second-order valence-corrected chi connectivity index (χ2v) is 9.87. The van der Waals surface area contributed by atoms with Gasteiger partial charge in [-0.2, -0.15) is 0 Å². The number of amides is 2. The Labute approximate surface area is 214 Å². The summed E-state index contributed by atoms with van der Waals surface area (Å²) < 4.78 is 0. The van der Waals surface area contributed by atoms with Crippen molar-refractivity contribution in [3.8, 4) is 0 Å². The molecule has 2 amide bonds. The number of nitrogens with one attached hydrogen (secondary N) is 2. The molecule has 0 aliphatic rings. The maximum atomic E-state index is 13.3. The second kappa shape index (κ2) is 11.8. The van der Waals surface area contributed by atoms with Crippen LogP contribution in [0, 0.1) is 5.41 Å². The molecular weight excluding hydrogens is 448 g/mol. The second-order valence-electron chi connectivity index (χ2n) is 9.87. The molecule has 1 aromatic heterocycles. The number of aryl methyl sites for hydroxylation is 1. The van der Waals surface area contributed by atoms with Gasteiger partial charge in [0.05, 0.1) is 6.54 Å². The zero-order valence-electron chi connectivity index (χ0n) is 21.9. The summed E-state index contributed by atoms with van der Waals surface area (Å²) in [6.45, 7) is 10.6. The Morgan fingerprint density at radius 1 is 0.972 bits per heavy atom. The highest BCUT2D eigenvalue weighted by Gasteiger charge is 2.22. The lowest BCUT2D eigenvalue weighted by Crippen LogP contribution is -2.40. The van der Waals surface area contributed by atoms with E-state index in [0.717, 1.165) is 23.2 Å². The summed E-state index contributed by atoms with van der Waals surface area (Å²) in [5.41, 5.74) is 5.02. The van der Waals surface area contributed by atoms with Gasteiger partial charge < -0.3 is 15.6 Å². The molecule has 0 radical (unpaired) electrons. The van der Waals surface area contributed by atoms with Crippen LogP contribution in [-0.2, 0) is 23.1 Å². The van der Waals surface area contributed by atoms with Gasteiger partial charge in [-0.05, 0) is 59.7 Å². The van der Waals surface area contributed by atoms with Crippen molar-refractivity contribution < 1.29 is 9.59 Å². The van der Waals surface area contributed by atoms with Crippen LogP contribution >= 0.6 is 0 Å². The first-order chi connectivity index (χ1) is 17.1. The van der Waals surface area contributed by atoms with Gasteiger partial charge in [-0.1, -0.05) is 58.0 Å². The van der Waals surface area contributed by atoms with Crippen LogP contribution in [0.2, 0.25) is 0 Å². The molecule has 0 aliphatic carbocycles. The van der Waals surface area contributed by atoms with Crippen LogP contribution in [0.1, 0.15) is 67.2 Å². The van der Waals surface area contributed by atoms with Gasteiger partial charge in [0.2, 0.25) is 5.91 Å². The first-order valence-corrected chi connectivity index (χ1v) is 12.4. The summed E-state index contributed by atoms with van der Waals surface area (Å²) in [5, 5.41) is 11.5. The maximum Gasteiger partial charge on any atom is 0.252 e. The van der Waals surface area contributed by atoms with Crippen molar-refractivity contribution in [3.05, 3.63) is 94.8 Å². The van der Waals surface area contributed by atoms with Crippen molar-refractivity contribution in [2.45, 2.75) is 52.9 Å². The lowest BCUT2D eigenvalue weighted by atomic mass is 9.84. The van der Waals surface area contributed by atoms with Gasteiger partial charge in [-0.15, -0.1) is 0 Å². The fourth-order valence-corrected chi connectivity index (χ4v) is 4.02. The average Bonchev–Trinajstić information content (AvgIpc) is 2.87. The summed E-state index contributed by atoms with van der Waals surface area (Å²) in [4.78, 5) is 32.1. The van der Waals surface area contributed by atoms with Crippen molar-refractivity contribution in [3.63, 3.8) is 0 Å². The lowest BCUT2D eigenvalue weighted by Gasteiger charge is -2.23. The van der Waals surface area contributed by atoms with Crippen LogP contribution in [0.15, 0.2) is 67.0 Å². The molecule has 2 aromatic carbocycles. The molecule has 0 bridgehead atoms. The molecule has 0 saturated carbocycles. The van der Waals surface area contributed by atoms with Crippen LogP contribution in [-0.4, -0.2) is 35.6 Å². The Morgan fingerprint density at radius 2 is 1.69 bits per heavy atom. The molecule has 1 heterocycles. The smallest absolute Gasteiger partial charge is 0.252 e. The van der Waals surface area contributed by atoms with Gasteiger partial charge in [0.25, 0.3) is 5.91 Å². The summed E-state index contributed by atoms with van der Waals surface area (Å²) in [7, 11) is 0. The quantitative estimate of drug-likeness (QED) is 0.402. The van der Waals surface area contributed by atoms with Gasteiger partial charge in [0.15, 0.2) is 0 Å². The van der Waals surface area contributed by atoms with Gasteiger partial charge in [0.1, 0.15) is 0 Å². The largest absolute Gasteiger partial charge is 0.343 e. The minimum Gasteiger partial charge on any atom is -0.343 e. The number of nitrogens with zero attached hydrogens (tertiary/aromatic N) is 2. The predicted molar refractivity (Wildman–Crippen MR) is 146 cm³/mol. The summed E-state index contributed by atoms with van der Waals surface area (Å²) in [6, 6.07) is 17.3. The number of pyridine rings is 1. The number of hydrogen-bond acceptors (Lipinski definition) is 4. The van der Waals surface area contributed by atoms with Crippen LogP contribution < -0.4 is 10.2 Å². The van der Waals surface area contributed by atoms with E-state index in [2.05, 4.69) is 38.0 Å². The number of benzene rings is 2. The number of aromatic nitrogens is 1. The number of anilines is 1. The monoisotopic (exact) mass is 484 g/mol. The molecule has 0 atom stereocenters. The highest BCUT2D eigenvalue weighted by atomic mass is 16.2. The predicted octanol–water partition coefficient (Wildman–Crippen LogP) is 5.33. The van der Waals surface area contributed by atoms with Gasteiger partial charge in [-0.3, -0.25) is 14.6 Å². The Balaban J connectivity index is 1.81. The Hall–Kier alpha value is -3.80. The van der Waals surface area contributed by atoms with Crippen LogP contribution in [0.25, 0.3) is 0 Å². The van der Waals surface area contributed by atoms with E-state index in [1.54, 1.807) is 17.3 Å². The van der Waals surface area contributed by atoms with Crippen LogP contribution in [0.3, 0.4) is 0 Å². The van der Waals surface area contributed by atoms with E-state index < -0.39 is 0 Å². The molecule has 0 unspecified atom stereocenters. The third-order valence-electron chi connectivity index (χ3n) is 6.23. The van der Waals surface area contributed by atoms with E-state index in [1.165, 1.54) is 5.56 Å². The number of likely N-dealkylation sites (N-methyl/N-ethyl adjacent to an activating group) is 1. The first kappa shape index (κ1) is 26.8. The van der Waals surface area contributed by atoms with E-state index in [-0.39, 0.29) is 23.8 Å². The minimum absolute atomic E-state index is 0.128. The van der Waals surface area contributed by atoms with E-state index in [9.17, 15) is 9.59 Å². The number of rotatable bonds is 9. The third-order valence-corrected chi connectivity index (χ3v) is 6.23. The normalized spacial score (nSPS) is 11.1. The van der Waals surface area contributed by atoms with Crippen molar-refractivity contribution in [1.82, 2.24) is 10.3 Å². The van der Waals surface area contributed by atoms with Crippen molar-refractivity contribution in [2.24, 2.45) is 0 Å². The molecule has 188 valence electrons. The molecular formula is C30H36N4O2. The lowest BCUT2D eigenvalue weighted by molar-refractivity contribution is -0.117. The van der Waals surface area contributed by atoms with E-state index >= 15 is 0 Å². The molecule has 0 fully saturated rings. The molecule has 6 nitrogen and oxygen atoms in total. The average molecular weight is 485 g/mol. The fourth-order valence-electron chi connectivity index (χ4n) is 4.02. The number of carbonyl (C=O) groups is 2. The fraction of sp³-hybridized carbons (Fsp3) is 0.333. The van der Waals surface area contributed by atoms with E-state index in [0.29, 0.717) is 29.8 Å². The highest BCUT2D eigenvalue weighted by Crippen LogP contribution is 2.25. The minimum atomic E-state index is -0.363. The molecule has 0 saturated heterocycles. The topological polar surface area (TPSA) is 86.2 Å². The zero-order chi connectivity index (χ0) is 26.3. The van der Waals surface area contributed by atoms with Gasteiger partial charge in [0, 0.05) is 47.9 Å². The van der Waals surface area contributed by atoms with Crippen LogP contribution in [0.5, 0.6) is 0 Å². The highest BCUT2D eigenvalue weighted by molar-refractivity contribution is 6.10. The van der Waals surface area contributed by atoms with E-state index in [1.807, 2.05) is 61.5 Å². The third kappa shape index (κ3) is 6.66. The van der Waals surface area contributed by atoms with Crippen molar-refractivity contribution in [1.29, 1.82) is 5.41 Å². The standard InChI is InChI=1S/C30H36N4O2/c1-6-21-10-13-24(14-11-21)34(7-2)28(35)20-33-29(36)26-18-23(30(3,4)5)12-15-25(26)27(31)17-22-9-8-16-32-19-22/h8-16,18-19,31H,6-7,17,20H2,1-5H3,(H,33,36). The summed E-state index contributed by atoms with van der Waals surface area (Å²) in [5.74, 6) is -0.549. The van der Waals surface area contributed by atoms with Crippen LogP contribution in [0.4, 0.5) is 5.69 Å². The SMILES string of the molecule is CCc1ccc(N(CC)C(=O)CNC(=O)c2cc(C(C)(C)C)ccc2C(=N)Cc2cccnc2)cc1. The number of hydrogen-bond donors (Lipinski definition) is 2. The molecule has 36 heavy (non-hydrogen) atoms. The Bertz CT molecular complexity index is 1210.